The van der Waals surface area contributed by atoms with Crippen LogP contribution in [0, 0.1) is 6.92 Å². The normalized spacial score (nSPS) is 11.8. The van der Waals surface area contributed by atoms with E-state index in [0.29, 0.717) is 31.0 Å². The minimum absolute atomic E-state index is 0.308. The number of hydrogen-bond acceptors (Lipinski definition) is 3. The van der Waals surface area contributed by atoms with E-state index in [0.717, 1.165) is 33.5 Å². The van der Waals surface area contributed by atoms with E-state index in [9.17, 15) is 8.42 Å². The van der Waals surface area contributed by atoms with Crippen LogP contribution in [0.5, 0.6) is 0 Å². The van der Waals surface area contributed by atoms with Gasteiger partial charge in [-0.15, -0.1) is 0 Å². The van der Waals surface area contributed by atoms with Crippen LogP contribution in [0.15, 0.2) is 114 Å². The molecule has 1 heterocycles. The van der Waals surface area contributed by atoms with Crippen molar-refractivity contribution in [2.75, 3.05) is 6.54 Å². The Morgan fingerprint density at radius 1 is 0.722 bits per heavy atom. The van der Waals surface area contributed by atoms with Gasteiger partial charge >= 0.3 is 0 Å². The molecule has 6 heteroatoms. The zero-order valence-electron chi connectivity index (χ0n) is 20.3. The van der Waals surface area contributed by atoms with E-state index in [1.54, 1.807) is 16.4 Å². The van der Waals surface area contributed by atoms with Crippen LogP contribution in [0.1, 0.15) is 22.5 Å². The number of aromatic nitrogens is 2. The fourth-order valence-electron chi connectivity index (χ4n) is 4.46. The number of para-hydroxylation sites is 2. The summed E-state index contributed by atoms with van der Waals surface area (Å²) in [6.45, 7) is 3.36. The van der Waals surface area contributed by atoms with Crippen molar-refractivity contribution in [2.45, 2.75) is 31.3 Å². The molecule has 0 radical (unpaired) electrons. The molecule has 0 atom stereocenters. The SMILES string of the molecule is Cc1nc2ccccc2n1Cc1ccc(S(=O)(=O)N(CCc2ccccc2)Cc2ccccc2)cc1. The van der Waals surface area contributed by atoms with Gasteiger partial charge in [0, 0.05) is 19.6 Å². The Hall–Kier alpha value is -3.74. The standard InChI is InChI=1S/C30H29N3O2S/c1-24-31-29-14-8-9-15-30(29)33(24)23-27-16-18-28(19-17-27)36(34,35)32(22-26-12-6-3-7-13-26)21-20-25-10-4-2-5-11-25/h2-19H,20-23H2,1H3. The minimum atomic E-state index is -3.68. The molecular weight excluding hydrogens is 466 g/mol. The lowest BCUT2D eigenvalue weighted by Gasteiger charge is -2.23. The molecular formula is C30H29N3O2S. The summed E-state index contributed by atoms with van der Waals surface area (Å²) in [5, 5.41) is 0. The van der Waals surface area contributed by atoms with Gasteiger partial charge in [-0.1, -0.05) is 84.9 Å². The van der Waals surface area contributed by atoms with Crippen LogP contribution >= 0.6 is 0 Å². The molecule has 0 saturated heterocycles. The van der Waals surface area contributed by atoms with E-state index in [1.165, 1.54) is 0 Å². The number of nitrogens with zero attached hydrogens (tertiary/aromatic N) is 3. The molecule has 0 aliphatic carbocycles. The monoisotopic (exact) mass is 495 g/mol. The number of imidazole rings is 1. The van der Waals surface area contributed by atoms with Gasteiger partial charge in [0.15, 0.2) is 0 Å². The molecule has 0 aliphatic rings. The largest absolute Gasteiger partial charge is 0.324 e. The highest BCUT2D eigenvalue weighted by Crippen LogP contribution is 2.22. The Bertz CT molecular complexity index is 1540. The summed E-state index contributed by atoms with van der Waals surface area (Å²) in [6.07, 6.45) is 0.651. The van der Waals surface area contributed by atoms with Gasteiger partial charge in [-0.25, -0.2) is 13.4 Å². The maximum Gasteiger partial charge on any atom is 0.243 e. The summed E-state index contributed by atoms with van der Waals surface area (Å²) in [4.78, 5) is 4.94. The summed E-state index contributed by atoms with van der Waals surface area (Å²) in [5.74, 6) is 0.933. The first-order chi connectivity index (χ1) is 17.5. The predicted octanol–water partition coefficient (Wildman–Crippen LogP) is 5.83. The third-order valence-electron chi connectivity index (χ3n) is 6.44. The van der Waals surface area contributed by atoms with E-state index in [-0.39, 0.29) is 0 Å². The number of aryl methyl sites for hydroxylation is 1. The molecule has 0 unspecified atom stereocenters. The lowest BCUT2D eigenvalue weighted by Crippen LogP contribution is -2.32. The van der Waals surface area contributed by atoms with Crippen molar-refractivity contribution < 1.29 is 8.42 Å². The van der Waals surface area contributed by atoms with Crippen molar-refractivity contribution in [2.24, 2.45) is 0 Å². The minimum Gasteiger partial charge on any atom is -0.324 e. The molecule has 0 aliphatic heterocycles. The van der Waals surface area contributed by atoms with E-state index >= 15 is 0 Å². The molecule has 0 spiro atoms. The van der Waals surface area contributed by atoms with Gasteiger partial charge in [-0.3, -0.25) is 0 Å². The summed E-state index contributed by atoms with van der Waals surface area (Å²) < 4.78 is 31.2. The van der Waals surface area contributed by atoms with Gasteiger partial charge in [0.25, 0.3) is 0 Å². The van der Waals surface area contributed by atoms with Gasteiger partial charge in [-0.05, 0) is 54.3 Å². The number of hydrogen-bond donors (Lipinski definition) is 0. The first-order valence-corrected chi connectivity index (χ1v) is 13.5. The van der Waals surface area contributed by atoms with E-state index in [4.69, 9.17) is 0 Å². The van der Waals surface area contributed by atoms with Crippen molar-refractivity contribution >= 4 is 21.1 Å². The van der Waals surface area contributed by atoms with Crippen LogP contribution in [0.4, 0.5) is 0 Å². The van der Waals surface area contributed by atoms with Gasteiger partial charge in [0.1, 0.15) is 5.82 Å². The van der Waals surface area contributed by atoms with Crippen LogP contribution < -0.4 is 0 Å². The summed E-state index contributed by atoms with van der Waals surface area (Å²) in [7, 11) is -3.68. The van der Waals surface area contributed by atoms with Gasteiger partial charge in [0.05, 0.1) is 15.9 Å². The fraction of sp³-hybridized carbons (Fsp3) is 0.167. The molecule has 4 aromatic carbocycles. The molecule has 0 saturated carbocycles. The van der Waals surface area contributed by atoms with Crippen LogP contribution in [-0.2, 0) is 29.5 Å². The number of sulfonamides is 1. The van der Waals surface area contributed by atoms with Gasteiger partial charge in [-0.2, -0.15) is 4.31 Å². The zero-order valence-corrected chi connectivity index (χ0v) is 21.1. The topological polar surface area (TPSA) is 55.2 Å². The molecule has 5 aromatic rings. The zero-order chi connectivity index (χ0) is 25.0. The number of benzene rings is 4. The second-order valence-corrected chi connectivity index (χ2v) is 10.9. The highest BCUT2D eigenvalue weighted by atomic mass is 32.2. The number of rotatable bonds is 9. The molecule has 0 bridgehead atoms. The Morgan fingerprint density at radius 2 is 1.33 bits per heavy atom. The first kappa shape index (κ1) is 24.0. The summed E-state index contributed by atoms with van der Waals surface area (Å²) in [5.41, 5.74) is 5.14. The van der Waals surface area contributed by atoms with Crippen molar-refractivity contribution in [3.8, 4) is 0 Å². The maximum absolute atomic E-state index is 13.7. The Balaban J connectivity index is 1.39. The fourth-order valence-corrected chi connectivity index (χ4v) is 5.89. The van der Waals surface area contributed by atoms with E-state index < -0.39 is 10.0 Å². The second-order valence-electron chi connectivity index (χ2n) is 8.94. The van der Waals surface area contributed by atoms with Crippen molar-refractivity contribution in [1.82, 2.24) is 13.9 Å². The van der Waals surface area contributed by atoms with Crippen LogP contribution in [0.2, 0.25) is 0 Å². The van der Waals surface area contributed by atoms with Crippen LogP contribution in [-0.4, -0.2) is 28.8 Å². The molecule has 5 rings (SSSR count). The second kappa shape index (κ2) is 10.5. The first-order valence-electron chi connectivity index (χ1n) is 12.1. The van der Waals surface area contributed by atoms with Crippen molar-refractivity contribution in [3.05, 3.63) is 132 Å². The molecule has 182 valence electrons. The van der Waals surface area contributed by atoms with Gasteiger partial charge < -0.3 is 4.57 Å². The lowest BCUT2D eigenvalue weighted by atomic mass is 10.1. The summed E-state index contributed by atoms with van der Waals surface area (Å²) >= 11 is 0. The quantitative estimate of drug-likeness (QED) is 0.259. The van der Waals surface area contributed by atoms with Crippen LogP contribution in [0.3, 0.4) is 0 Å². The number of fused-ring (bicyclic) bond motifs is 1. The molecule has 1 aromatic heterocycles. The van der Waals surface area contributed by atoms with E-state index in [2.05, 4.69) is 15.6 Å². The Labute approximate surface area is 212 Å². The van der Waals surface area contributed by atoms with Crippen molar-refractivity contribution in [1.29, 1.82) is 0 Å². The average molecular weight is 496 g/mol. The molecule has 0 amide bonds. The third-order valence-corrected chi connectivity index (χ3v) is 8.30. The highest BCUT2D eigenvalue weighted by Gasteiger charge is 2.24. The predicted molar refractivity (Wildman–Crippen MR) is 144 cm³/mol. The smallest absolute Gasteiger partial charge is 0.243 e. The maximum atomic E-state index is 13.7. The summed E-state index contributed by atoms with van der Waals surface area (Å²) in [6, 6.07) is 35.0. The third kappa shape index (κ3) is 5.25. The lowest BCUT2D eigenvalue weighted by molar-refractivity contribution is 0.409. The Morgan fingerprint density at radius 3 is 2.03 bits per heavy atom. The van der Waals surface area contributed by atoms with Crippen LogP contribution in [0.25, 0.3) is 11.0 Å². The Kier molecular flexibility index (Phi) is 6.98. The van der Waals surface area contributed by atoms with E-state index in [1.807, 2.05) is 97.9 Å². The molecule has 36 heavy (non-hydrogen) atoms. The highest BCUT2D eigenvalue weighted by molar-refractivity contribution is 7.89. The molecule has 0 N–H and O–H groups in total. The molecule has 5 nitrogen and oxygen atoms in total. The van der Waals surface area contributed by atoms with Gasteiger partial charge in [0.2, 0.25) is 10.0 Å². The average Bonchev–Trinajstić information content (AvgIpc) is 3.22. The van der Waals surface area contributed by atoms with Crippen molar-refractivity contribution in [3.63, 3.8) is 0 Å². The molecule has 0 fully saturated rings.